The van der Waals surface area contributed by atoms with Gasteiger partial charge in [0, 0.05) is 31.9 Å². The van der Waals surface area contributed by atoms with Gasteiger partial charge >= 0.3 is 0 Å². The van der Waals surface area contributed by atoms with Gasteiger partial charge in [-0.05, 0) is 18.6 Å². The highest BCUT2D eigenvalue weighted by Crippen LogP contribution is 2.20. The molecule has 1 fully saturated rings. The van der Waals surface area contributed by atoms with Gasteiger partial charge in [-0.15, -0.1) is 0 Å². The number of hydroxylamine groups is 1. The second-order valence-electron chi connectivity index (χ2n) is 4.21. The summed E-state index contributed by atoms with van der Waals surface area (Å²) in [5.74, 6) is 0. The van der Waals surface area contributed by atoms with Crippen molar-refractivity contribution in [2.75, 3.05) is 37.7 Å². The second kappa shape index (κ2) is 5.30. The van der Waals surface area contributed by atoms with Crippen molar-refractivity contribution >= 4 is 5.69 Å². The molecule has 0 saturated carbocycles. The first kappa shape index (κ1) is 11.4. The molecule has 2 rings (SSSR count). The summed E-state index contributed by atoms with van der Waals surface area (Å²) in [6.07, 6.45) is 0. The van der Waals surface area contributed by atoms with Crippen LogP contribution in [-0.4, -0.2) is 43.0 Å². The molecule has 0 unspecified atom stereocenters. The third kappa shape index (κ3) is 2.52. The van der Waals surface area contributed by atoms with Crippen molar-refractivity contribution in [3.63, 3.8) is 0 Å². The molecular weight excluding hydrogens is 202 g/mol. The van der Waals surface area contributed by atoms with Gasteiger partial charge in [-0.1, -0.05) is 18.2 Å². The lowest BCUT2D eigenvalue weighted by atomic mass is 10.1. The average Bonchev–Trinajstić information content (AvgIpc) is 2.31. The fourth-order valence-corrected chi connectivity index (χ4v) is 2.17. The van der Waals surface area contributed by atoms with Crippen molar-refractivity contribution in [3.05, 3.63) is 29.8 Å². The lowest BCUT2D eigenvalue weighted by Gasteiger charge is -2.36. The number of benzene rings is 1. The van der Waals surface area contributed by atoms with Crippen molar-refractivity contribution in [1.29, 1.82) is 0 Å². The van der Waals surface area contributed by atoms with Gasteiger partial charge in [0.25, 0.3) is 0 Å². The minimum atomic E-state index is 0.557. The third-order valence-electron chi connectivity index (χ3n) is 3.12. The molecule has 1 aromatic carbocycles. The predicted octanol–water partition coefficient (Wildman–Crippen LogP) is 1.05. The SMILES string of the molecule is Cc1ccccc1N1CCN(CNO)CC1. The van der Waals surface area contributed by atoms with Gasteiger partial charge in [0.1, 0.15) is 0 Å². The Labute approximate surface area is 96.4 Å². The Morgan fingerprint density at radius 1 is 1.19 bits per heavy atom. The topological polar surface area (TPSA) is 38.7 Å². The van der Waals surface area contributed by atoms with E-state index in [-0.39, 0.29) is 0 Å². The molecule has 88 valence electrons. The number of piperazine rings is 1. The van der Waals surface area contributed by atoms with E-state index < -0.39 is 0 Å². The number of para-hydroxylation sites is 1. The van der Waals surface area contributed by atoms with E-state index in [4.69, 9.17) is 5.21 Å². The lowest BCUT2D eigenvalue weighted by molar-refractivity contribution is 0.0944. The van der Waals surface area contributed by atoms with Crippen molar-refractivity contribution < 1.29 is 5.21 Å². The van der Waals surface area contributed by atoms with Crippen LogP contribution in [0.3, 0.4) is 0 Å². The number of rotatable bonds is 3. The van der Waals surface area contributed by atoms with E-state index in [9.17, 15) is 0 Å². The van der Waals surface area contributed by atoms with E-state index in [1.807, 2.05) is 0 Å². The second-order valence-corrected chi connectivity index (χ2v) is 4.21. The van der Waals surface area contributed by atoms with Gasteiger partial charge in [-0.2, -0.15) is 5.48 Å². The quantitative estimate of drug-likeness (QED) is 0.748. The van der Waals surface area contributed by atoms with Crippen LogP contribution in [0.2, 0.25) is 0 Å². The molecule has 1 aliphatic rings. The van der Waals surface area contributed by atoms with Crippen LogP contribution in [0.4, 0.5) is 5.69 Å². The van der Waals surface area contributed by atoms with Gasteiger partial charge in [-0.25, -0.2) is 0 Å². The summed E-state index contributed by atoms with van der Waals surface area (Å²) in [5, 5.41) is 8.64. The largest absolute Gasteiger partial charge is 0.369 e. The first-order chi connectivity index (χ1) is 7.81. The van der Waals surface area contributed by atoms with Gasteiger partial charge in [-0.3, -0.25) is 4.90 Å². The lowest BCUT2D eigenvalue weighted by Crippen LogP contribution is -2.49. The summed E-state index contributed by atoms with van der Waals surface area (Å²) in [7, 11) is 0. The van der Waals surface area contributed by atoms with Crippen LogP contribution in [0.25, 0.3) is 0 Å². The number of nitrogens with zero attached hydrogens (tertiary/aromatic N) is 2. The van der Waals surface area contributed by atoms with Crippen LogP contribution in [0, 0.1) is 6.92 Å². The van der Waals surface area contributed by atoms with Crippen LogP contribution in [-0.2, 0) is 0 Å². The van der Waals surface area contributed by atoms with Crippen LogP contribution in [0.5, 0.6) is 0 Å². The molecule has 16 heavy (non-hydrogen) atoms. The zero-order chi connectivity index (χ0) is 11.4. The van der Waals surface area contributed by atoms with Crippen LogP contribution < -0.4 is 10.4 Å². The summed E-state index contributed by atoms with van der Waals surface area (Å²) < 4.78 is 0. The van der Waals surface area contributed by atoms with Crippen molar-refractivity contribution in [2.24, 2.45) is 0 Å². The summed E-state index contributed by atoms with van der Waals surface area (Å²) in [6.45, 7) is 6.72. The number of anilines is 1. The summed E-state index contributed by atoms with van der Waals surface area (Å²) in [5.41, 5.74) is 4.87. The van der Waals surface area contributed by atoms with Gasteiger partial charge in [0.15, 0.2) is 0 Å². The van der Waals surface area contributed by atoms with Gasteiger partial charge in [0.2, 0.25) is 0 Å². The molecule has 1 aliphatic heterocycles. The van der Waals surface area contributed by atoms with Crippen LogP contribution in [0.15, 0.2) is 24.3 Å². The maximum absolute atomic E-state index is 8.64. The van der Waals surface area contributed by atoms with Gasteiger partial charge < -0.3 is 10.1 Å². The Bertz CT molecular complexity index is 335. The molecule has 4 heteroatoms. The van der Waals surface area contributed by atoms with E-state index in [1.54, 1.807) is 0 Å². The van der Waals surface area contributed by atoms with Crippen LogP contribution in [0.1, 0.15) is 5.56 Å². The Morgan fingerprint density at radius 2 is 1.88 bits per heavy atom. The normalized spacial score (nSPS) is 17.8. The molecule has 0 aliphatic carbocycles. The predicted molar refractivity (Wildman–Crippen MR) is 64.8 cm³/mol. The molecule has 0 amide bonds. The Morgan fingerprint density at radius 3 is 2.50 bits per heavy atom. The smallest absolute Gasteiger partial charge is 0.0724 e. The molecule has 0 aromatic heterocycles. The molecule has 4 nitrogen and oxygen atoms in total. The van der Waals surface area contributed by atoms with Gasteiger partial charge in [0.05, 0.1) is 6.67 Å². The zero-order valence-corrected chi connectivity index (χ0v) is 9.69. The molecule has 0 radical (unpaired) electrons. The minimum Gasteiger partial charge on any atom is -0.369 e. The number of nitrogens with one attached hydrogen (secondary N) is 1. The standard InChI is InChI=1S/C12H19N3O/c1-11-4-2-3-5-12(11)15-8-6-14(7-9-15)10-13-16/h2-5,13,16H,6-10H2,1H3. The highest BCUT2D eigenvalue weighted by molar-refractivity contribution is 5.53. The maximum atomic E-state index is 8.64. The Balaban J connectivity index is 1.96. The van der Waals surface area contributed by atoms with E-state index >= 15 is 0 Å². The summed E-state index contributed by atoms with van der Waals surface area (Å²) >= 11 is 0. The van der Waals surface area contributed by atoms with Crippen LogP contribution >= 0.6 is 0 Å². The molecule has 1 aromatic rings. The number of hydrogen-bond acceptors (Lipinski definition) is 4. The average molecular weight is 221 g/mol. The van der Waals surface area contributed by atoms with E-state index in [1.165, 1.54) is 11.3 Å². The molecule has 0 atom stereocenters. The van der Waals surface area contributed by atoms with E-state index in [0.717, 1.165) is 26.2 Å². The summed E-state index contributed by atoms with van der Waals surface area (Å²) in [6, 6.07) is 8.49. The molecule has 2 N–H and O–H groups in total. The van der Waals surface area contributed by atoms with E-state index in [0.29, 0.717) is 6.67 Å². The maximum Gasteiger partial charge on any atom is 0.0724 e. The number of aryl methyl sites for hydroxylation is 1. The van der Waals surface area contributed by atoms with Crippen molar-refractivity contribution in [3.8, 4) is 0 Å². The first-order valence-electron chi connectivity index (χ1n) is 5.71. The zero-order valence-electron chi connectivity index (χ0n) is 9.69. The molecule has 0 spiro atoms. The first-order valence-corrected chi connectivity index (χ1v) is 5.71. The molecule has 0 bridgehead atoms. The third-order valence-corrected chi connectivity index (χ3v) is 3.12. The minimum absolute atomic E-state index is 0.557. The Kier molecular flexibility index (Phi) is 3.77. The van der Waals surface area contributed by atoms with Crippen molar-refractivity contribution in [2.45, 2.75) is 6.92 Å². The Hall–Kier alpha value is -1.10. The fraction of sp³-hybridized carbons (Fsp3) is 0.500. The summed E-state index contributed by atoms with van der Waals surface area (Å²) in [4.78, 5) is 4.61. The fourth-order valence-electron chi connectivity index (χ4n) is 2.17. The number of hydrogen-bond donors (Lipinski definition) is 2. The molecule has 1 saturated heterocycles. The highest BCUT2D eigenvalue weighted by atomic mass is 16.5. The molecule has 1 heterocycles. The van der Waals surface area contributed by atoms with Crippen molar-refractivity contribution in [1.82, 2.24) is 10.4 Å². The highest BCUT2D eigenvalue weighted by Gasteiger charge is 2.17. The monoisotopic (exact) mass is 221 g/mol. The van der Waals surface area contributed by atoms with E-state index in [2.05, 4.69) is 46.5 Å². The molecular formula is C12H19N3O.